The lowest BCUT2D eigenvalue weighted by Gasteiger charge is -2.15. The highest BCUT2D eigenvalue weighted by molar-refractivity contribution is 5.77. The second kappa shape index (κ2) is 8.08. The third-order valence-electron chi connectivity index (χ3n) is 3.37. The number of rotatable bonds is 5. The van der Waals surface area contributed by atoms with Gasteiger partial charge in [-0.1, -0.05) is 19.8 Å². The lowest BCUT2D eigenvalue weighted by Crippen LogP contribution is -2.39. The van der Waals surface area contributed by atoms with Crippen molar-refractivity contribution in [2.24, 2.45) is 5.92 Å². The Labute approximate surface area is 104 Å². The van der Waals surface area contributed by atoms with Crippen molar-refractivity contribution in [1.82, 2.24) is 10.6 Å². The summed E-state index contributed by atoms with van der Waals surface area (Å²) in [6, 6.07) is 2.49. The largest absolute Gasteiger partial charge is 0.354 e. The first-order valence-corrected chi connectivity index (χ1v) is 6.59. The Bertz CT molecular complexity index is 272. The Kier molecular flexibility index (Phi) is 6.64. The van der Waals surface area contributed by atoms with Crippen LogP contribution in [-0.4, -0.2) is 25.0 Å². The Morgan fingerprint density at radius 1 is 1.35 bits per heavy atom. The normalized spacial score (nSPS) is 24.7. The number of nitriles is 1. The van der Waals surface area contributed by atoms with Crippen LogP contribution in [0.1, 0.15) is 45.4 Å². The summed E-state index contributed by atoms with van der Waals surface area (Å²) in [4.78, 5) is 11.4. The summed E-state index contributed by atoms with van der Waals surface area (Å²) in [6.07, 6.45) is 6.56. The molecule has 0 heterocycles. The van der Waals surface area contributed by atoms with Gasteiger partial charge in [-0.3, -0.25) is 4.79 Å². The topological polar surface area (TPSA) is 64.9 Å². The molecule has 17 heavy (non-hydrogen) atoms. The summed E-state index contributed by atoms with van der Waals surface area (Å²) in [5.41, 5.74) is 0. The third-order valence-corrected chi connectivity index (χ3v) is 3.37. The van der Waals surface area contributed by atoms with E-state index in [1.54, 1.807) is 0 Å². The lowest BCUT2D eigenvalue weighted by molar-refractivity contribution is -0.120. The molecule has 1 amide bonds. The van der Waals surface area contributed by atoms with Crippen molar-refractivity contribution in [3.63, 3.8) is 0 Å². The predicted octanol–water partition coefficient (Wildman–Crippen LogP) is 1.57. The molecule has 1 aliphatic carbocycles. The summed E-state index contributed by atoms with van der Waals surface area (Å²) in [5.74, 6) is 0.823. The second-order valence-corrected chi connectivity index (χ2v) is 4.95. The Morgan fingerprint density at radius 2 is 2.18 bits per heavy atom. The zero-order chi connectivity index (χ0) is 12.5. The van der Waals surface area contributed by atoms with E-state index in [0.29, 0.717) is 25.6 Å². The minimum atomic E-state index is -0.00227. The SMILES string of the molecule is CC1CCCC(NCC(=O)NCCC#N)CC1. The van der Waals surface area contributed by atoms with E-state index in [1.807, 2.05) is 6.07 Å². The average molecular weight is 237 g/mol. The number of carbonyl (C=O) groups excluding carboxylic acids is 1. The van der Waals surface area contributed by atoms with Gasteiger partial charge in [-0.15, -0.1) is 0 Å². The number of hydrogen-bond acceptors (Lipinski definition) is 3. The molecule has 2 unspecified atom stereocenters. The summed E-state index contributed by atoms with van der Waals surface area (Å²) >= 11 is 0. The van der Waals surface area contributed by atoms with E-state index in [0.717, 1.165) is 5.92 Å². The number of hydrogen-bond donors (Lipinski definition) is 2. The highest BCUT2D eigenvalue weighted by atomic mass is 16.1. The average Bonchev–Trinajstić information content (AvgIpc) is 2.52. The molecule has 0 aliphatic heterocycles. The Balaban J connectivity index is 2.12. The van der Waals surface area contributed by atoms with E-state index >= 15 is 0 Å². The fourth-order valence-corrected chi connectivity index (χ4v) is 2.25. The molecule has 96 valence electrons. The van der Waals surface area contributed by atoms with E-state index in [-0.39, 0.29) is 5.91 Å². The smallest absolute Gasteiger partial charge is 0.233 e. The number of nitrogens with one attached hydrogen (secondary N) is 2. The predicted molar refractivity (Wildman–Crippen MR) is 67.3 cm³/mol. The number of amides is 1. The molecule has 0 saturated heterocycles. The van der Waals surface area contributed by atoms with Gasteiger partial charge in [0.05, 0.1) is 19.0 Å². The quantitative estimate of drug-likeness (QED) is 0.563. The van der Waals surface area contributed by atoms with Crippen LogP contribution in [0, 0.1) is 17.2 Å². The number of carbonyl (C=O) groups is 1. The fraction of sp³-hybridized carbons (Fsp3) is 0.846. The van der Waals surface area contributed by atoms with Crippen molar-refractivity contribution in [2.45, 2.75) is 51.5 Å². The second-order valence-electron chi connectivity index (χ2n) is 4.95. The molecular weight excluding hydrogens is 214 g/mol. The summed E-state index contributed by atoms with van der Waals surface area (Å²) < 4.78 is 0. The van der Waals surface area contributed by atoms with Crippen LogP contribution in [0.4, 0.5) is 0 Å². The summed E-state index contributed by atoms with van der Waals surface area (Å²) in [6.45, 7) is 3.14. The first kappa shape index (κ1) is 14.0. The van der Waals surface area contributed by atoms with Gasteiger partial charge in [0.2, 0.25) is 5.91 Å². The van der Waals surface area contributed by atoms with Gasteiger partial charge < -0.3 is 10.6 Å². The fourth-order valence-electron chi connectivity index (χ4n) is 2.25. The summed E-state index contributed by atoms with van der Waals surface area (Å²) in [5, 5.41) is 14.4. The zero-order valence-corrected chi connectivity index (χ0v) is 10.7. The van der Waals surface area contributed by atoms with Crippen LogP contribution in [0.2, 0.25) is 0 Å². The molecule has 1 rings (SSSR count). The van der Waals surface area contributed by atoms with Gasteiger partial charge in [0.15, 0.2) is 0 Å². The molecule has 4 heteroatoms. The van der Waals surface area contributed by atoms with Gasteiger partial charge in [-0.25, -0.2) is 0 Å². The van der Waals surface area contributed by atoms with Crippen molar-refractivity contribution in [2.75, 3.05) is 13.1 Å². The van der Waals surface area contributed by atoms with Crippen molar-refractivity contribution < 1.29 is 4.79 Å². The van der Waals surface area contributed by atoms with Crippen LogP contribution in [0.15, 0.2) is 0 Å². The van der Waals surface area contributed by atoms with E-state index < -0.39 is 0 Å². The maximum atomic E-state index is 11.4. The van der Waals surface area contributed by atoms with Gasteiger partial charge >= 0.3 is 0 Å². The standard InChI is InChI=1S/C13H23N3O/c1-11-4-2-5-12(7-6-11)16-10-13(17)15-9-3-8-14/h11-12,16H,2-7,9-10H2,1H3,(H,15,17). The molecule has 2 atom stereocenters. The monoisotopic (exact) mass is 237 g/mol. The lowest BCUT2D eigenvalue weighted by atomic mass is 10.0. The van der Waals surface area contributed by atoms with E-state index in [4.69, 9.17) is 5.26 Å². The molecular formula is C13H23N3O. The molecule has 0 spiro atoms. The van der Waals surface area contributed by atoms with Crippen LogP contribution in [0.3, 0.4) is 0 Å². The molecule has 1 aliphatic rings. The molecule has 0 radical (unpaired) electrons. The van der Waals surface area contributed by atoms with Crippen molar-refractivity contribution in [3.8, 4) is 6.07 Å². The van der Waals surface area contributed by atoms with Crippen LogP contribution in [0.25, 0.3) is 0 Å². The minimum Gasteiger partial charge on any atom is -0.354 e. The first-order chi connectivity index (χ1) is 8.22. The highest BCUT2D eigenvalue weighted by Crippen LogP contribution is 2.22. The van der Waals surface area contributed by atoms with E-state index in [2.05, 4.69) is 17.6 Å². The molecule has 2 N–H and O–H groups in total. The van der Waals surface area contributed by atoms with Gasteiger partial charge in [-0.05, 0) is 25.2 Å². The van der Waals surface area contributed by atoms with Crippen LogP contribution >= 0.6 is 0 Å². The Hall–Kier alpha value is -1.08. The van der Waals surface area contributed by atoms with Gasteiger partial charge in [0.1, 0.15) is 0 Å². The minimum absolute atomic E-state index is 0.00227. The van der Waals surface area contributed by atoms with Gasteiger partial charge in [0.25, 0.3) is 0 Å². The van der Waals surface area contributed by atoms with Crippen molar-refractivity contribution >= 4 is 5.91 Å². The molecule has 1 saturated carbocycles. The van der Waals surface area contributed by atoms with Crippen LogP contribution < -0.4 is 10.6 Å². The molecule has 0 aromatic heterocycles. The molecule has 4 nitrogen and oxygen atoms in total. The van der Waals surface area contributed by atoms with Crippen molar-refractivity contribution in [1.29, 1.82) is 5.26 Å². The maximum Gasteiger partial charge on any atom is 0.233 e. The summed E-state index contributed by atoms with van der Waals surface area (Å²) in [7, 11) is 0. The first-order valence-electron chi connectivity index (χ1n) is 6.59. The third kappa shape index (κ3) is 6.28. The van der Waals surface area contributed by atoms with E-state index in [9.17, 15) is 4.79 Å². The number of nitrogens with zero attached hydrogens (tertiary/aromatic N) is 1. The molecule has 0 aromatic carbocycles. The maximum absolute atomic E-state index is 11.4. The molecule has 0 aromatic rings. The zero-order valence-electron chi connectivity index (χ0n) is 10.7. The molecule has 1 fully saturated rings. The van der Waals surface area contributed by atoms with Crippen LogP contribution in [-0.2, 0) is 4.79 Å². The van der Waals surface area contributed by atoms with Gasteiger partial charge in [0, 0.05) is 12.6 Å². The van der Waals surface area contributed by atoms with Gasteiger partial charge in [-0.2, -0.15) is 5.26 Å². The highest BCUT2D eigenvalue weighted by Gasteiger charge is 2.16. The van der Waals surface area contributed by atoms with Crippen LogP contribution in [0.5, 0.6) is 0 Å². The van der Waals surface area contributed by atoms with E-state index in [1.165, 1.54) is 32.1 Å². The van der Waals surface area contributed by atoms with Crippen molar-refractivity contribution in [3.05, 3.63) is 0 Å². The molecule has 0 bridgehead atoms. The Morgan fingerprint density at radius 3 is 2.94 bits per heavy atom.